The number of benzene rings is 2. The Morgan fingerprint density at radius 2 is 1.76 bits per heavy atom. The van der Waals surface area contributed by atoms with E-state index in [9.17, 15) is 14.4 Å². The van der Waals surface area contributed by atoms with Gasteiger partial charge < -0.3 is 15.4 Å². The number of rotatable bonds is 9. The normalized spacial score (nSPS) is 10.3. The summed E-state index contributed by atoms with van der Waals surface area (Å²) in [6.45, 7) is 3.28. The maximum Gasteiger partial charge on any atom is 0.307 e. The van der Waals surface area contributed by atoms with E-state index in [1.54, 1.807) is 17.8 Å². The van der Waals surface area contributed by atoms with Crippen molar-refractivity contribution in [3.63, 3.8) is 0 Å². The molecular formula is C21H23BrN2O4S. The third kappa shape index (κ3) is 8.70. The fraction of sp³-hybridized carbons (Fsp3) is 0.286. The highest BCUT2D eigenvalue weighted by Gasteiger charge is 2.10. The van der Waals surface area contributed by atoms with Crippen LogP contribution in [0.4, 0.5) is 5.69 Å². The van der Waals surface area contributed by atoms with Crippen LogP contribution >= 0.6 is 27.7 Å². The summed E-state index contributed by atoms with van der Waals surface area (Å²) in [5.74, 6) is -0.759. The highest BCUT2D eigenvalue weighted by Crippen LogP contribution is 2.20. The number of esters is 1. The molecule has 2 N–H and O–H groups in total. The Labute approximate surface area is 182 Å². The predicted octanol–water partition coefficient (Wildman–Crippen LogP) is 3.85. The van der Waals surface area contributed by atoms with Crippen molar-refractivity contribution in [2.45, 2.75) is 25.2 Å². The molecule has 2 aromatic rings. The summed E-state index contributed by atoms with van der Waals surface area (Å²) in [4.78, 5) is 36.5. The van der Waals surface area contributed by atoms with Crippen LogP contribution in [-0.4, -0.2) is 36.7 Å². The Bertz CT molecular complexity index is 871. The molecule has 0 unspecified atom stereocenters. The lowest BCUT2D eigenvalue weighted by molar-refractivity contribution is -0.148. The fourth-order valence-corrected chi connectivity index (χ4v) is 3.61. The summed E-state index contributed by atoms with van der Waals surface area (Å²) >= 11 is 4.91. The Balaban J connectivity index is 1.61. The zero-order valence-corrected chi connectivity index (χ0v) is 18.7. The van der Waals surface area contributed by atoms with Crippen LogP contribution in [0.2, 0.25) is 0 Å². The SMILES string of the molecule is Cc1ccc(SCCC(=O)OCC(=O)NCC(=O)Nc2ccc(Br)cc2C)cc1. The minimum Gasteiger partial charge on any atom is -0.456 e. The zero-order chi connectivity index (χ0) is 21.2. The minimum atomic E-state index is -0.521. The van der Waals surface area contributed by atoms with E-state index >= 15 is 0 Å². The molecule has 0 atom stereocenters. The van der Waals surface area contributed by atoms with Crippen LogP contribution in [0.5, 0.6) is 0 Å². The molecule has 0 saturated carbocycles. The summed E-state index contributed by atoms with van der Waals surface area (Å²) in [5, 5.41) is 5.15. The molecule has 0 fully saturated rings. The minimum absolute atomic E-state index is 0.199. The van der Waals surface area contributed by atoms with Crippen LogP contribution < -0.4 is 10.6 Å². The van der Waals surface area contributed by atoms with Gasteiger partial charge in [-0.15, -0.1) is 11.8 Å². The summed E-state index contributed by atoms with van der Waals surface area (Å²) < 4.78 is 5.86. The first-order valence-corrected chi connectivity index (χ1v) is 10.8. The van der Waals surface area contributed by atoms with E-state index in [-0.39, 0.29) is 18.9 Å². The van der Waals surface area contributed by atoms with Crippen molar-refractivity contribution in [2.24, 2.45) is 0 Å². The highest BCUT2D eigenvalue weighted by atomic mass is 79.9. The Morgan fingerprint density at radius 1 is 1.03 bits per heavy atom. The molecule has 2 aromatic carbocycles. The van der Waals surface area contributed by atoms with Crippen molar-refractivity contribution in [1.29, 1.82) is 0 Å². The molecular weight excluding hydrogens is 456 g/mol. The van der Waals surface area contributed by atoms with Crippen molar-refractivity contribution in [3.8, 4) is 0 Å². The molecule has 154 valence electrons. The molecule has 2 amide bonds. The van der Waals surface area contributed by atoms with Gasteiger partial charge in [-0.2, -0.15) is 0 Å². The van der Waals surface area contributed by atoms with E-state index in [1.165, 1.54) is 5.56 Å². The second-order valence-electron chi connectivity index (χ2n) is 6.36. The first-order valence-electron chi connectivity index (χ1n) is 9.01. The van der Waals surface area contributed by atoms with Crippen LogP contribution in [0.15, 0.2) is 51.8 Å². The highest BCUT2D eigenvalue weighted by molar-refractivity contribution is 9.10. The van der Waals surface area contributed by atoms with Crippen LogP contribution in [0.25, 0.3) is 0 Å². The standard InChI is InChI=1S/C21H23BrN2O4S/c1-14-3-6-17(7-4-14)29-10-9-21(27)28-13-20(26)23-12-19(25)24-18-8-5-16(22)11-15(18)2/h3-8,11H,9-10,12-13H2,1-2H3,(H,23,26)(H,24,25). The number of halogens is 1. The van der Waals surface area contributed by atoms with Crippen LogP contribution in [-0.2, 0) is 19.1 Å². The number of amides is 2. The molecule has 8 heteroatoms. The van der Waals surface area contributed by atoms with E-state index < -0.39 is 18.5 Å². The van der Waals surface area contributed by atoms with Gasteiger partial charge in [-0.1, -0.05) is 33.6 Å². The van der Waals surface area contributed by atoms with Crippen molar-refractivity contribution in [2.75, 3.05) is 24.2 Å². The topological polar surface area (TPSA) is 84.5 Å². The van der Waals surface area contributed by atoms with Gasteiger partial charge in [0.05, 0.1) is 13.0 Å². The molecule has 29 heavy (non-hydrogen) atoms. The second-order valence-corrected chi connectivity index (χ2v) is 8.44. The van der Waals surface area contributed by atoms with Gasteiger partial charge >= 0.3 is 5.97 Å². The van der Waals surface area contributed by atoms with Gasteiger partial charge in [-0.25, -0.2) is 0 Å². The Kier molecular flexibility index (Phi) is 9.21. The number of hydrogen-bond donors (Lipinski definition) is 2. The summed E-state index contributed by atoms with van der Waals surface area (Å²) in [5.41, 5.74) is 2.75. The van der Waals surface area contributed by atoms with Crippen LogP contribution in [0, 0.1) is 13.8 Å². The third-order valence-electron chi connectivity index (χ3n) is 3.87. The molecule has 6 nitrogen and oxygen atoms in total. The summed E-state index contributed by atoms with van der Waals surface area (Å²) in [6, 6.07) is 13.5. The van der Waals surface area contributed by atoms with Crippen LogP contribution in [0.3, 0.4) is 0 Å². The first-order chi connectivity index (χ1) is 13.8. The molecule has 0 saturated heterocycles. The molecule has 0 aliphatic rings. The monoisotopic (exact) mass is 478 g/mol. The van der Waals surface area contributed by atoms with Gasteiger partial charge in [0.2, 0.25) is 5.91 Å². The zero-order valence-electron chi connectivity index (χ0n) is 16.3. The largest absolute Gasteiger partial charge is 0.456 e. The van der Waals surface area contributed by atoms with Crippen molar-refractivity contribution in [1.82, 2.24) is 5.32 Å². The maximum absolute atomic E-state index is 11.9. The molecule has 0 aliphatic heterocycles. The first kappa shape index (κ1) is 23.0. The van der Waals surface area contributed by atoms with E-state index in [2.05, 4.69) is 26.6 Å². The quantitative estimate of drug-likeness (QED) is 0.422. The average Bonchev–Trinajstić information content (AvgIpc) is 2.68. The number of nitrogens with one attached hydrogen (secondary N) is 2. The number of carbonyl (C=O) groups is 3. The molecule has 0 bridgehead atoms. The van der Waals surface area contributed by atoms with Crippen molar-refractivity contribution >= 4 is 51.2 Å². The number of ether oxygens (including phenoxy) is 1. The predicted molar refractivity (Wildman–Crippen MR) is 118 cm³/mol. The number of carbonyl (C=O) groups excluding carboxylic acids is 3. The van der Waals surface area contributed by atoms with Crippen molar-refractivity contribution < 1.29 is 19.1 Å². The molecule has 2 rings (SSSR count). The van der Waals surface area contributed by atoms with Gasteiger partial charge in [-0.3, -0.25) is 14.4 Å². The number of aryl methyl sites for hydroxylation is 2. The summed E-state index contributed by atoms with van der Waals surface area (Å²) in [6.07, 6.45) is 0.204. The molecule has 0 spiro atoms. The van der Waals surface area contributed by atoms with E-state index in [0.717, 1.165) is 14.9 Å². The van der Waals surface area contributed by atoms with Crippen molar-refractivity contribution in [3.05, 3.63) is 58.1 Å². The number of hydrogen-bond acceptors (Lipinski definition) is 5. The fourth-order valence-electron chi connectivity index (χ4n) is 2.30. The smallest absolute Gasteiger partial charge is 0.307 e. The van der Waals surface area contributed by atoms with Gasteiger partial charge in [0.1, 0.15) is 0 Å². The second kappa shape index (κ2) is 11.6. The van der Waals surface area contributed by atoms with E-state index in [0.29, 0.717) is 11.4 Å². The summed E-state index contributed by atoms with van der Waals surface area (Å²) in [7, 11) is 0. The Hall–Kier alpha value is -2.32. The van der Waals surface area contributed by atoms with Crippen LogP contribution in [0.1, 0.15) is 17.5 Å². The third-order valence-corrected chi connectivity index (χ3v) is 5.38. The number of anilines is 1. The average molecular weight is 479 g/mol. The molecule has 0 aromatic heterocycles. The number of thioether (sulfide) groups is 1. The van der Waals surface area contributed by atoms with Gasteiger partial charge in [0.25, 0.3) is 5.91 Å². The maximum atomic E-state index is 11.9. The lowest BCUT2D eigenvalue weighted by atomic mass is 10.2. The van der Waals surface area contributed by atoms with Gasteiger partial charge in [-0.05, 0) is 49.7 Å². The van der Waals surface area contributed by atoms with E-state index in [1.807, 2.05) is 50.2 Å². The van der Waals surface area contributed by atoms with Gasteiger partial charge in [0.15, 0.2) is 6.61 Å². The van der Waals surface area contributed by atoms with Gasteiger partial charge in [0, 0.05) is 20.8 Å². The molecule has 0 heterocycles. The Morgan fingerprint density at radius 3 is 2.45 bits per heavy atom. The molecule has 0 aliphatic carbocycles. The lowest BCUT2D eigenvalue weighted by Crippen LogP contribution is -2.35. The molecule has 0 radical (unpaired) electrons. The van der Waals surface area contributed by atoms with E-state index in [4.69, 9.17) is 4.74 Å². The lowest BCUT2D eigenvalue weighted by Gasteiger charge is -2.10.